The predicted octanol–water partition coefficient (Wildman–Crippen LogP) is 1.71. The third-order valence-corrected chi connectivity index (χ3v) is 3.72. The molecule has 1 saturated heterocycles. The molecule has 0 spiro atoms. The molecule has 2 aromatic heterocycles. The van der Waals surface area contributed by atoms with Gasteiger partial charge in [-0.1, -0.05) is 6.07 Å². The molecule has 1 fully saturated rings. The summed E-state index contributed by atoms with van der Waals surface area (Å²) in [5, 5.41) is 3.50. The molecule has 0 aliphatic carbocycles. The highest BCUT2D eigenvalue weighted by molar-refractivity contribution is 7.99. The van der Waals surface area contributed by atoms with E-state index in [2.05, 4.69) is 20.9 Å². The molecule has 1 aliphatic heterocycles. The lowest BCUT2D eigenvalue weighted by Crippen LogP contribution is -2.30. The molecular formula is C11H13N3S. The van der Waals surface area contributed by atoms with Crippen molar-refractivity contribution in [2.45, 2.75) is 6.04 Å². The normalized spacial score (nSPS) is 22.0. The summed E-state index contributed by atoms with van der Waals surface area (Å²) in [6.45, 7) is 1.09. The van der Waals surface area contributed by atoms with Crippen LogP contribution in [0.5, 0.6) is 0 Å². The number of rotatable bonds is 1. The van der Waals surface area contributed by atoms with Crippen LogP contribution in [0.2, 0.25) is 0 Å². The van der Waals surface area contributed by atoms with Gasteiger partial charge in [-0.05, 0) is 12.1 Å². The molecule has 0 aromatic carbocycles. The number of hydrogen-bond donors (Lipinski definition) is 1. The molecule has 0 radical (unpaired) electrons. The lowest BCUT2D eigenvalue weighted by atomic mass is 10.2. The second kappa shape index (κ2) is 3.87. The Morgan fingerprint density at radius 1 is 1.47 bits per heavy atom. The Hall–Kier alpha value is -1.00. The maximum absolute atomic E-state index is 4.62. The zero-order valence-electron chi connectivity index (χ0n) is 8.39. The summed E-state index contributed by atoms with van der Waals surface area (Å²) >= 11 is 2.00. The van der Waals surface area contributed by atoms with E-state index in [4.69, 9.17) is 0 Å². The first-order valence-electron chi connectivity index (χ1n) is 5.18. The second-order valence-corrected chi connectivity index (χ2v) is 4.86. The van der Waals surface area contributed by atoms with Gasteiger partial charge in [0.2, 0.25) is 0 Å². The van der Waals surface area contributed by atoms with Gasteiger partial charge >= 0.3 is 0 Å². The highest BCUT2D eigenvalue weighted by atomic mass is 32.2. The van der Waals surface area contributed by atoms with Gasteiger partial charge in [0.05, 0.1) is 11.7 Å². The van der Waals surface area contributed by atoms with E-state index in [1.54, 1.807) is 0 Å². The summed E-state index contributed by atoms with van der Waals surface area (Å²) < 4.78 is 2.08. The van der Waals surface area contributed by atoms with Crippen LogP contribution in [0, 0.1) is 0 Å². The van der Waals surface area contributed by atoms with E-state index in [1.165, 1.54) is 5.75 Å². The lowest BCUT2D eigenvalue weighted by Gasteiger charge is -2.20. The Morgan fingerprint density at radius 2 is 2.47 bits per heavy atom. The first kappa shape index (κ1) is 9.24. The van der Waals surface area contributed by atoms with Crippen LogP contribution in [0.4, 0.5) is 0 Å². The number of thioether (sulfide) groups is 1. The Balaban J connectivity index is 1.96. The van der Waals surface area contributed by atoms with E-state index in [0.717, 1.165) is 23.6 Å². The molecule has 0 bridgehead atoms. The van der Waals surface area contributed by atoms with Crippen LogP contribution < -0.4 is 5.32 Å². The summed E-state index contributed by atoms with van der Waals surface area (Å²) in [6, 6.07) is 6.51. The number of hydrogen-bond acceptors (Lipinski definition) is 3. The average molecular weight is 219 g/mol. The fraction of sp³-hybridized carbons (Fsp3) is 0.364. The zero-order chi connectivity index (χ0) is 10.1. The van der Waals surface area contributed by atoms with Crippen molar-refractivity contribution in [1.82, 2.24) is 14.7 Å². The number of imidazole rings is 1. The van der Waals surface area contributed by atoms with E-state index >= 15 is 0 Å². The fourth-order valence-corrected chi connectivity index (χ4v) is 2.83. The summed E-state index contributed by atoms with van der Waals surface area (Å²) in [5.41, 5.74) is 2.19. The van der Waals surface area contributed by atoms with Crippen LogP contribution in [0.1, 0.15) is 11.7 Å². The topological polar surface area (TPSA) is 29.3 Å². The van der Waals surface area contributed by atoms with E-state index in [9.17, 15) is 0 Å². The number of nitrogens with zero attached hydrogens (tertiary/aromatic N) is 2. The monoisotopic (exact) mass is 219 g/mol. The molecule has 3 nitrogen and oxygen atoms in total. The molecule has 15 heavy (non-hydrogen) atoms. The minimum atomic E-state index is 0.420. The summed E-state index contributed by atoms with van der Waals surface area (Å²) in [6.07, 6.45) is 4.17. The molecule has 2 aromatic rings. The van der Waals surface area contributed by atoms with E-state index in [-0.39, 0.29) is 0 Å². The smallest absolute Gasteiger partial charge is 0.137 e. The molecule has 1 aliphatic rings. The predicted molar refractivity (Wildman–Crippen MR) is 63.3 cm³/mol. The average Bonchev–Trinajstić information content (AvgIpc) is 2.74. The molecule has 3 heterocycles. The minimum absolute atomic E-state index is 0.420. The standard InChI is InChI=1S/C11H13N3S/c1-2-5-14-7-9(13-11(14)3-1)10-8-15-6-4-12-10/h1-3,5,7,10,12H,4,6,8H2. The zero-order valence-corrected chi connectivity index (χ0v) is 9.20. The van der Waals surface area contributed by atoms with E-state index < -0.39 is 0 Å². The molecule has 0 amide bonds. The van der Waals surface area contributed by atoms with E-state index in [0.29, 0.717) is 6.04 Å². The first-order valence-corrected chi connectivity index (χ1v) is 6.34. The van der Waals surface area contributed by atoms with Gasteiger partial charge in [-0.25, -0.2) is 4.98 Å². The van der Waals surface area contributed by atoms with Crippen LogP contribution in [-0.4, -0.2) is 27.4 Å². The van der Waals surface area contributed by atoms with Crippen molar-refractivity contribution in [3.8, 4) is 0 Å². The second-order valence-electron chi connectivity index (χ2n) is 3.71. The van der Waals surface area contributed by atoms with Crippen molar-refractivity contribution >= 4 is 17.4 Å². The molecule has 3 rings (SSSR count). The number of fused-ring (bicyclic) bond motifs is 1. The van der Waals surface area contributed by atoms with Crippen molar-refractivity contribution in [3.63, 3.8) is 0 Å². The fourth-order valence-electron chi connectivity index (χ4n) is 1.88. The van der Waals surface area contributed by atoms with Crippen molar-refractivity contribution in [1.29, 1.82) is 0 Å². The van der Waals surface area contributed by atoms with Gasteiger partial charge in [-0.3, -0.25) is 0 Å². The largest absolute Gasteiger partial charge is 0.307 e. The third kappa shape index (κ3) is 1.75. The maximum Gasteiger partial charge on any atom is 0.137 e. The third-order valence-electron chi connectivity index (χ3n) is 2.66. The Labute approximate surface area is 92.9 Å². The Morgan fingerprint density at radius 3 is 3.27 bits per heavy atom. The Kier molecular flexibility index (Phi) is 2.38. The van der Waals surface area contributed by atoms with Gasteiger partial charge in [0, 0.05) is 30.4 Å². The van der Waals surface area contributed by atoms with Gasteiger partial charge in [-0.2, -0.15) is 11.8 Å². The highest BCUT2D eigenvalue weighted by Crippen LogP contribution is 2.21. The van der Waals surface area contributed by atoms with Crippen LogP contribution in [0.15, 0.2) is 30.6 Å². The van der Waals surface area contributed by atoms with Crippen LogP contribution in [0.25, 0.3) is 5.65 Å². The van der Waals surface area contributed by atoms with Gasteiger partial charge in [0.25, 0.3) is 0 Å². The van der Waals surface area contributed by atoms with Crippen LogP contribution in [0.3, 0.4) is 0 Å². The molecule has 4 heteroatoms. The molecule has 1 unspecified atom stereocenters. The number of nitrogens with one attached hydrogen (secondary N) is 1. The highest BCUT2D eigenvalue weighted by Gasteiger charge is 2.17. The number of aromatic nitrogens is 2. The van der Waals surface area contributed by atoms with Gasteiger partial charge < -0.3 is 9.72 Å². The molecule has 78 valence electrons. The van der Waals surface area contributed by atoms with Crippen molar-refractivity contribution in [2.24, 2.45) is 0 Å². The minimum Gasteiger partial charge on any atom is -0.307 e. The van der Waals surface area contributed by atoms with Crippen LogP contribution >= 0.6 is 11.8 Å². The lowest BCUT2D eigenvalue weighted by molar-refractivity contribution is 0.583. The molecule has 1 N–H and O–H groups in total. The van der Waals surface area contributed by atoms with Gasteiger partial charge in [0.15, 0.2) is 0 Å². The molecule has 0 saturated carbocycles. The molecular weight excluding hydrogens is 206 g/mol. The van der Waals surface area contributed by atoms with Crippen molar-refractivity contribution in [3.05, 3.63) is 36.3 Å². The quantitative estimate of drug-likeness (QED) is 0.791. The van der Waals surface area contributed by atoms with Gasteiger partial charge in [0.1, 0.15) is 5.65 Å². The maximum atomic E-state index is 4.62. The summed E-state index contributed by atoms with van der Waals surface area (Å²) in [4.78, 5) is 4.62. The first-order chi connectivity index (χ1) is 7.43. The summed E-state index contributed by atoms with van der Waals surface area (Å²) in [5.74, 6) is 2.34. The Bertz CT molecular complexity index is 427. The summed E-state index contributed by atoms with van der Waals surface area (Å²) in [7, 11) is 0. The van der Waals surface area contributed by atoms with Crippen molar-refractivity contribution in [2.75, 3.05) is 18.1 Å². The molecule has 1 atom stereocenters. The number of pyridine rings is 1. The SMILES string of the molecule is c1ccn2cc(C3CSCCN3)nc2c1. The van der Waals surface area contributed by atoms with Crippen LogP contribution in [-0.2, 0) is 0 Å². The van der Waals surface area contributed by atoms with Crippen molar-refractivity contribution < 1.29 is 0 Å². The van der Waals surface area contributed by atoms with E-state index in [1.807, 2.05) is 36.2 Å². The van der Waals surface area contributed by atoms with Gasteiger partial charge in [-0.15, -0.1) is 0 Å².